The average Bonchev–Trinajstić information content (AvgIpc) is 3.21. The molecule has 166 valence electrons. The van der Waals surface area contributed by atoms with Crippen molar-refractivity contribution >= 4 is 43.4 Å². The molecule has 1 heterocycles. The predicted molar refractivity (Wildman–Crippen MR) is 130 cm³/mol. The van der Waals surface area contributed by atoms with Crippen LogP contribution in [-0.2, 0) is 20.7 Å². The highest BCUT2D eigenvalue weighted by Gasteiger charge is 2.15. The number of aryl methyl sites for hydroxylation is 1. The lowest BCUT2D eigenvalue weighted by Gasteiger charge is -2.07. The zero-order valence-electron chi connectivity index (χ0n) is 17.8. The van der Waals surface area contributed by atoms with Crippen molar-refractivity contribution in [2.24, 2.45) is 0 Å². The number of benzene rings is 3. The standard InChI is InChI=1S/C27H21FO4S/c1-3-24(29)31-15-5-6-17-7-9-18(10-8-17)20-13-14-22-21-12-11-19(32-25(30)4-2)16-23(21)33-27(22)26(20)28/h3-4,7-14,16H,1-2,5-6,15H2. The molecule has 0 aliphatic rings. The molecule has 1 aromatic heterocycles. The van der Waals surface area contributed by atoms with E-state index in [4.69, 9.17) is 9.47 Å². The summed E-state index contributed by atoms with van der Waals surface area (Å²) in [6, 6.07) is 16.7. The highest BCUT2D eigenvalue weighted by atomic mass is 32.1. The van der Waals surface area contributed by atoms with E-state index in [9.17, 15) is 9.59 Å². The number of halogens is 1. The first-order chi connectivity index (χ1) is 16.0. The van der Waals surface area contributed by atoms with Gasteiger partial charge in [-0.3, -0.25) is 0 Å². The third-order valence-corrected chi connectivity index (χ3v) is 6.38. The Kier molecular flexibility index (Phi) is 6.66. The normalized spacial score (nSPS) is 10.8. The van der Waals surface area contributed by atoms with Gasteiger partial charge in [-0.05, 0) is 42.2 Å². The summed E-state index contributed by atoms with van der Waals surface area (Å²) >= 11 is 1.33. The average molecular weight is 461 g/mol. The Balaban J connectivity index is 1.56. The van der Waals surface area contributed by atoms with Gasteiger partial charge in [0, 0.05) is 33.2 Å². The minimum atomic E-state index is -0.537. The van der Waals surface area contributed by atoms with Crippen LogP contribution in [0.15, 0.2) is 79.9 Å². The second kappa shape index (κ2) is 9.79. The molecule has 3 aromatic carbocycles. The van der Waals surface area contributed by atoms with E-state index in [-0.39, 0.29) is 5.82 Å². The van der Waals surface area contributed by atoms with Gasteiger partial charge in [-0.25, -0.2) is 14.0 Å². The molecule has 0 radical (unpaired) electrons. The first-order valence-electron chi connectivity index (χ1n) is 10.4. The first kappa shape index (κ1) is 22.4. The van der Waals surface area contributed by atoms with E-state index in [1.54, 1.807) is 18.2 Å². The summed E-state index contributed by atoms with van der Waals surface area (Å²) in [5.74, 6) is -0.839. The fourth-order valence-corrected chi connectivity index (χ4v) is 4.76. The van der Waals surface area contributed by atoms with Crippen molar-refractivity contribution in [3.63, 3.8) is 0 Å². The topological polar surface area (TPSA) is 52.6 Å². The Hall–Kier alpha value is -3.77. The minimum Gasteiger partial charge on any atom is -0.463 e. The number of hydrogen-bond acceptors (Lipinski definition) is 5. The Morgan fingerprint density at radius 3 is 2.39 bits per heavy atom. The predicted octanol–water partition coefficient (Wildman–Crippen LogP) is 6.61. The third-order valence-electron chi connectivity index (χ3n) is 5.22. The summed E-state index contributed by atoms with van der Waals surface area (Å²) in [5.41, 5.74) is 2.39. The van der Waals surface area contributed by atoms with Crippen molar-refractivity contribution in [3.05, 3.63) is 91.3 Å². The van der Waals surface area contributed by atoms with Gasteiger partial charge in [0.05, 0.1) is 11.3 Å². The number of carbonyl (C=O) groups excluding carboxylic acids is 2. The maximum atomic E-state index is 15.5. The van der Waals surface area contributed by atoms with Crippen molar-refractivity contribution < 1.29 is 23.5 Å². The van der Waals surface area contributed by atoms with Crippen LogP contribution in [0.25, 0.3) is 31.3 Å². The van der Waals surface area contributed by atoms with Crippen molar-refractivity contribution in [2.45, 2.75) is 12.8 Å². The number of carbonyl (C=O) groups is 2. The van der Waals surface area contributed by atoms with Gasteiger partial charge in [0.15, 0.2) is 0 Å². The zero-order chi connectivity index (χ0) is 23.4. The summed E-state index contributed by atoms with van der Waals surface area (Å²) in [5, 5.41) is 1.73. The molecular weight excluding hydrogens is 439 g/mol. The van der Waals surface area contributed by atoms with Crippen molar-refractivity contribution in [2.75, 3.05) is 6.61 Å². The maximum absolute atomic E-state index is 15.5. The van der Waals surface area contributed by atoms with Crippen LogP contribution in [0.2, 0.25) is 0 Å². The fraction of sp³-hybridized carbons (Fsp3) is 0.111. The van der Waals surface area contributed by atoms with Gasteiger partial charge in [0.1, 0.15) is 11.6 Å². The molecule has 0 saturated heterocycles. The number of fused-ring (bicyclic) bond motifs is 3. The molecule has 6 heteroatoms. The van der Waals surface area contributed by atoms with Gasteiger partial charge in [-0.2, -0.15) is 0 Å². The second-order valence-electron chi connectivity index (χ2n) is 7.36. The molecule has 33 heavy (non-hydrogen) atoms. The molecule has 0 aliphatic carbocycles. The Labute approximate surface area is 194 Å². The van der Waals surface area contributed by atoms with Crippen LogP contribution < -0.4 is 4.74 Å². The summed E-state index contributed by atoms with van der Waals surface area (Å²) in [4.78, 5) is 22.5. The van der Waals surface area contributed by atoms with Crippen LogP contribution in [0.1, 0.15) is 12.0 Å². The summed E-state index contributed by atoms with van der Waals surface area (Å²) in [6.07, 6.45) is 3.70. The highest BCUT2D eigenvalue weighted by Crippen LogP contribution is 2.40. The lowest BCUT2D eigenvalue weighted by atomic mass is 10.0. The van der Waals surface area contributed by atoms with E-state index in [1.807, 2.05) is 36.4 Å². The quantitative estimate of drug-likeness (QED) is 0.128. The number of rotatable bonds is 8. The minimum absolute atomic E-state index is 0.276. The Morgan fingerprint density at radius 1 is 0.939 bits per heavy atom. The summed E-state index contributed by atoms with van der Waals surface area (Å²) in [6.45, 7) is 7.09. The molecule has 4 aromatic rings. The number of hydrogen-bond donors (Lipinski definition) is 0. The molecule has 0 saturated carbocycles. The molecule has 0 atom stereocenters. The van der Waals surface area contributed by atoms with Crippen LogP contribution in [0.5, 0.6) is 5.75 Å². The summed E-state index contributed by atoms with van der Waals surface area (Å²) < 4.78 is 27.0. The van der Waals surface area contributed by atoms with Crippen LogP contribution in [-0.4, -0.2) is 18.5 Å². The van der Waals surface area contributed by atoms with Crippen LogP contribution in [0.4, 0.5) is 4.39 Å². The molecule has 0 aliphatic heterocycles. The SMILES string of the molecule is C=CC(=O)OCCCc1ccc(-c2ccc3c(sc4cc(OC(=O)C=C)ccc43)c2F)cc1. The molecule has 4 rings (SSSR count). The van der Waals surface area contributed by atoms with Gasteiger partial charge in [0.2, 0.25) is 0 Å². The van der Waals surface area contributed by atoms with E-state index in [2.05, 4.69) is 13.2 Å². The molecular formula is C27H21FO4S. The van der Waals surface area contributed by atoms with Crippen molar-refractivity contribution in [1.82, 2.24) is 0 Å². The van der Waals surface area contributed by atoms with E-state index in [1.165, 1.54) is 11.3 Å². The Morgan fingerprint density at radius 2 is 1.67 bits per heavy atom. The van der Waals surface area contributed by atoms with E-state index < -0.39 is 11.9 Å². The molecule has 0 spiro atoms. The zero-order valence-corrected chi connectivity index (χ0v) is 18.6. The number of esters is 2. The maximum Gasteiger partial charge on any atom is 0.335 e. The third kappa shape index (κ3) is 4.86. The fourth-order valence-electron chi connectivity index (χ4n) is 3.59. The Bertz CT molecular complexity index is 1370. The number of thiophene rings is 1. The van der Waals surface area contributed by atoms with Crippen LogP contribution >= 0.6 is 11.3 Å². The van der Waals surface area contributed by atoms with Gasteiger partial charge in [0.25, 0.3) is 0 Å². The number of ether oxygens (including phenoxy) is 2. The smallest absolute Gasteiger partial charge is 0.335 e. The lowest BCUT2D eigenvalue weighted by Crippen LogP contribution is -2.02. The first-order valence-corrected chi connectivity index (χ1v) is 11.2. The van der Waals surface area contributed by atoms with Gasteiger partial charge >= 0.3 is 11.9 Å². The monoisotopic (exact) mass is 460 g/mol. The second-order valence-corrected chi connectivity index (χ2v) is 8.41. The van der Waals surface area contributed by atoms with Crippen LogP contribution in [0, 0.1) is 5.82 Å². The molecule has 0 amide bonds. The van der Waals surface area contributed by atoms with E-state index in [0.717, 1.165) is 45.2 Å². The van der Waals surface area contributed by atoms with Crippen LogP contribution in [0.3, 0.4) is 0 Å². The van der Waals surface area contributed by atoms with Crippen molar-refractivity contribution in [1.29, 1.82) is 0 Å². The highest BCUT2D eigenvalue weighted by molar-refractivity contribution is 7.25. The van der Waals surface area contributed by atoms with E-state index >= 15 is 4.39 Å². The molecule has 4 nitrogen and oxygen atoms in total. The lowest BCUT2D eigenvalue weighted by molar-refractivity contribution is -0.137. The molecule has 0 N–H and O–H groups in total. The van der Waals surface area contributed by atoms with Gasteiger partial charge in [-0.15, -0.1) is 11.3 Å². The summed E-state index contributed by atoms with van der Waals surface area (Å²) in [7, 11) is 0. The van der Waals surface area contributed by atoms with Crippen molar-refractivity contribution in [3.8, 4) is 16.9 Å². The largest absolute Gasteiger partial charge is 0.463 e. The van der Waals surface area contributed by atoms with E-state index in [0.29, 0.717) is 29.0 Å². The molecule has 0 unspecified atom stereocenters. The molecule has 0 fully saturated rings. The van der Waals surface area contributed by atoms with Gasteiger partial charge in [-0.1, -0.05) is 49.6 Å². The van der Waals surface area contributed by atoms with Gasteiger partial charge < -0.3 is 9.47 Å². The molecule has 0 bridgehead atoms.